The van der Waals surface area contributed by atoms with Crippen molar-refractivity contribution in [1.29, 1.82) is 0 Å². The number of aromatic hydroxyl groups is 1. The molecule has 0 aliphatic rings. The molecular formula is C11H15NO5. The molecule has 0 amide bonds. The van der Waals surface area contributed by atoms with Crippen molar-refractivity contribution in [2.45, 2.75) is 6.10 Å². The molecule has 0 saturated carbocycles. The number of aliphatic hydroxyl groups excluding tert-OH is 1. The van der Waals surface area contributed by atoms with E-state index in [1.54, 1.807) is 0 Å². The number of nitrogens with two attached hydrogens (primary N) is 1. The van der Waals surface area contributed by atoms with Crippen LogP contribution in [-0.2, 0) is 4.74 Å². The fraction of sp³-hybridized carbons (Fsp3) is 0.364. The number of carbonyl (C=O) groups is 1. The van der Waals surface area contributed by atoms with E-state index in [9.17, 15) is 15.0 Å². The molecule has 1 aromatic rings. The number of phenolic OH excluding ortho intramolecular Hbond substituents is 1. The summed E-state index contributed by atoms with van der Waals surface area (Å²) in [6.07, 6.45) is -1.05. The Morgan fingerprint density at radius 3 is 2.59 bits per heavy atom. The molecule has 0 spiro atoms. The van der Waals surface area contributed by atoms with Gasteiger partial charge in [-0.05, 0) is 6.07 Å². The Morgan fingerprint density at radius 2 is 2.12 bits per heavy atom. The molecule has 0 aliphatic heterocycles. The summed E-state index contributed by atoms with van der Waals surface area (Å²) in [5.41, 5.74) is 5.58. The van der Waals surface area contributed by atoms with E-state index < -0.39 is 12.1 Å². The third-order valence-electron chi connectivity index (χ3n) is 2.34. The molecule has 1 unspecified atom stereocenters. The van der Waals surface area contributed by atoms with Crippen LogP contribution in [0.3, 0.4) is 0 Å². The number of hydrogen-bond donors (Lipinski definition) is 3. The first kappa shape index (κ1) is 13.3. The van der Waals surface area contributed by atoms with Crippen molar-refractivity contribution in [3.05, 3.63) is 23.3 Å². The van der Waals surface area contributed by atoms with Crippen LogP contribution < -0.4 is 10.5 Å². The van der Waals surface area contributed by atoms with Crippen molar-refractivity contribution in [3.63, 3.8) is 0 Å². The standard InChI is InChI=1S/C11H15NO5/c1-16-10-4-8(13)6(9(14)5-12)3-7(10)11(15)17-2/h3-4,9,13-14H,5,12H2,1-2H3. The fourth-order valence-corrected chi connectivity index (χ4v) is 1.42. The molecule has 1 rings (SSSR count). The lowest BCUT2D eigenvalue weighted by atomic mass is 10.0. The second-order valence-corrected chi connectivity index (χ2v) is 3.35. The molecule has 0 radical (unpaired) electrons. The van der Waals surface area contributed by atoms with Gasteiger partial charge in [0, 0.05) is 18.2 Å². The van der Waals surface area contributed by atoms with Crippen LogP contribution in [0.4, 0.5) is 0 Å². The highest BCUT2D eigenvalue weighted by Crippen LogP contribution is 2.32. The molecule has 0 heterocycles. The van der Waals surface area contributed by atoms with Crippen molar-refractivity contribution in [3.8, 4) is 11.5 Å². The average molecular weight is 241 g/mol. The van der Waals surface area contributed by atoms with Crippen molar-refractivity contribution >= 4 is 5.97 Å². The number of aliphatic hydroxyl groups is 1. The average Bonchev–Trinajstić information content (AvgIpc) is 2.36. The van der Waals surface area contributed by atoms with Gasteiger partial charge in [-0.15, -0.1) is 0 Å². The number of esters is 1. The highest BCUT2D eigenvalue weighted by atomic mass is 16.5. The number of rotatable bonds is 4. The first-order chi connectivity index (χ1) is 8.04. The number of carbonyl (C=O) groups excluding carboxylic acids is 1. The lowest BCUT2D eigenvalue weighted by Gasteiger charge is -2.14. The van der Waals surface area contributed by atoms with Crippen LogP contribution in [0.15, 0.2) is 12.1 Å². The molecule has 4 N–H and O–H groups in total. The van der Waals surface area contributed by atoms with Gasteiger partial charge in [0.2, 0.25) is 0 Å². The van der Waals surface area contributed by atoms with Crippen LogP contribution in [-0.4, -0.2) is 36.9 Å². The topological polar surface area (TPSA) is 102 Å². The van der Waals surface area contributed by atoms with Crippen LogP contribution in [0.5, 0.6) is 11.5 Å². The molecule has 17 heavy (non-hydrogen) atoms. The number of ether oxygens (including phenoxy) is 2. The van der Waals surface area contributed by atoms with Gasteiger partial charge in [0.1, 0.15) is 17.1 Å². The first-order valence-corrected chi connectivity index (χ1v) is 4.92. The van der Waals surface area contributed by atoms with E-state index in [4.69, 9.17) is 10.5 Å². The van der Waals surface area contributed by atoms with Gasteiger partial charge in [-0.2, -0.15) is 0 Å². The van der Waals surface area contributed by atoms with Crippen LogP contribution in [0.25, 0.3) is 0 Å². The summed E-state index contributed by atoms with van der Waals surface area (Å²) in [5.74, 6) is -0.637. The maximum atomic E-state index is 11.5. The maximum absolute atomic E-state index is 11.5. The highest BCUT2D eigenvalue weighted by molar-refractivity contribution is 5.93. The second kappa shape index (κ2) is 5.51. The van der Waals surface area contributed by atoms with E-state index in [1.165, 1.54) is 26.4 Å². The smallest absolute Gasteiger partial charge is 0.341 e. The van der Waals surface area contributed by atoms with Crippen molar-refractivity contribution in [2.24, 2.45) is 5.73 Å². The van der Waals surface area contributed by atoms with Gasteiger partial charge in [0.15, 0.2) is 0 Å². The lowest BCUT2D eigenvalue weighted by Crippen LogP contribution is -2.13. The number of methoxy groups -OCH3 is 2. The molecule has 6 heteroatoms. The summed E-state index contributed by atoms with van der Waals surface area (Å²) in [7, 11) is 2.59. The number of benzene rings is 1. The molecule has 0 fully saturated rings. The minimum atomic E-state index is -1.05. The molecule has 0 bridgehead atoms. The number of hydrogen-bond acceptors (Lipinski definition) is 6. The van der Waals surface area contributed by atoms with Gasteiger partial charge in [-0.3, -0.25) is 0 Å². The summed E-state index contributed by atoms with van der Waals surface area (Å²) in [6, 6.07) is 2.54. The molecule has 0 saturated heterocycles. The molecule has 1 atom stereocenters. The van der Waals surface area contributed by atoms with E-state index in [0.29, 0.717) is 0 Å². The zero-order valence-corrected chi connectivity index (χ0v) is 9.64. The van der Waals surface area contributed by atoms with Gasteiger partial charge in [0.05, 0.1) is 20.3 Å². The minimum absolute atomic E-state index is 0.0689. The molecule has 0 aromatic heterocycles. The Kier molecular flexibility index (Phi) is 4.30. The Morgan fingerprint density at radius 1 is 1.47 bits per heavy atom. The van der Waals surface area contributed by atoms with Gasteiger partial charge >= 0.3 is 5.97 Å². The van der Waals surface area contributed by atoms with Crippen LogP contribution in [0, 0.1) is 0 Å². The first-order valence-electron chi connectivity index (χ1n) is 4.92. The number of phenols is 1. The SMILES string of the molecule is COC(=O)c1cc(C(O)CN)c(O)cc1OC. The van der Waals surface area contributed by atoms with E-state index in [2.05, 4.69) is 4.74 Å². The zero-order chi connectivity index (χ0) is 13.0. The summed E-state index contributed by atoms with van der Waals surface area (Å²) in [5, 5.41) is 19.2. The van der Waals surface area contributed by atoms with Crippen molar-refractivity contribution < 1.29 is 24.5 Å². The zero-order valence-electron chi connectivity index (χ0n) is 9.64. The van der Waals surface area contributed by atoms with E-state index in [0.717, 1.165) is 0 Å². The van der Waals surface area contributed by atoms with Crippen molar-refractivity contribution in [2.75, 3.05) is 20.8 Å². The summed E-state index contributed by atoms with van der Waals surface area (Å²) < 4.78 is 9.52. The van der Waals surface area contributed by atoms with Crippen molar-refractivity contribution in [1.82, 2.24) is 0 Å². The summed E-state index contributed by atoms with van der Waals surface area (Å²) in [4.78, 5) is 11.5. The monoisotopic (exact) mass is 241 g/mol. The highest BCUT2D eigenvalue weighted by Gasteiger charge is 2.19. The Labute approximate surface area is 98.6 Å². The second-order valence-electron chi connectivity index (χ2n) is 3.35. The largest absolute Gasteiger partial charge is 0.507 e. The quantitative estimate of drug-likeness (QED) is 0.650. The van der Waals surface area contributed by atoms with Crippen LogP contribution in [0.1, 0.15) is 22.0 Å². The van der Waals surface area contributed by atoms with E-state index >= 15 is 0 Å². The van der Waals surface area contributed by atoms with Crippen LogP contribution in [0.2, 0.25) is 0 Å². The van der Waals surface area contributed by atoms with E-state index in [-0.39, 0.29) is 29.2 Å². The molecule has 1 aromatic carbocycles. The minimum Gasteiger partial charge on any atom is -0.507 e. The lowest BCUT2D eigenvalue weighted by molar-refractivity contribution is 0.0596. The Hall–Kier alpha value is -1.79. The van der Waals surface area contributed by atoms with E-state index in [1.807, 2.05) is 0 Å². The van der Waals surface area contributed by atoms with Gasteiger partial charge in [-0.25, -0.2) is 4.79 Å². The normalized spacial score (nSPS) is 12.0. The van der Waals surface area contributed by atoms with Crippen LogP contribution >= 0.6 is 0 Å². The van der Waals surface area contributed by atoms with Gasteiger partial charge in [0.25, 0.3) is 0 Å². The predicted octanol–water partition coefficient (Wildman–Crippen LogP) is 0.179. The van der Waals surface area contributed by atoms with Gasteiger partial charge in [-0.1, -0.05) is 0 Å². The third kappa shape index (κ3) is 2.66. The van der Waals surface area contributed by atoms with Gasteiger partial charge < -0.3 is 25.4 Å². The molecule has 94 valence electrons. The molecule has 6 nitrogen and oxygen atoms in total. The maximum Gasteiger partial charge on any atom is 0.341 e. The Bertz CT molecular complexity index is 419. The predicted molar refractivity (Wildman–Crippen MR) is 60.0 cm³/mol. The third-order valence-corrected chi connectivity index (χ3v) is 2.34. The molecular weight excluding hydrogens is 226 g/mol. The Balaban J connectivity index is 3.32. The summed E-state index contributed by atoms with van der Waals surface area (Å²) in [6.45, 7) is -0.0689. The molecule has 0 aliphatic carbocycles. The summed E-state index contributed by atoms with van der Waals surface area (Å²) >= 11 is 0. The fourth-order valence-electron chi connectivity index (χ4n) is 1.42.